The molecule has 0 radical (unpaired) electrons. The Kier molecular flexibility index (Phi) is 6.93. The summed E-state index contributed by atoms with van der Waals surface area (Å²) in [7, 11) is 0. The molecule has 1 unspecified atom stereocenters. The molecule has 0 aromatic heterocycles. The Bertz CT molecular complexity index is 465. The second-order valence-electron chi connectivity index (χ2n) is 4.38. The van der Waals surface area contributed by atoms with Crippen molar-refractivity contribution in [3.05, 3.63) is 24.3 Å². The van der Waals surface area contributed by atoms with E-state index in [2.05, 4.69) is 10.6 Å². The third-order valence-corrected chi connectivity index (χ3v) is 3.54. The highest BCUT2D eigenvalue weighted by atomic mass is 32.2. The monoisotopic (exact) mass is 296 g/mol. The van der Waals surface area contributed by atoms with Crippen molar-refractivity contribution in [2.45, 2.75) is 37.1 Å². The molecule has 0 spiro atoms. The molecule has 1 rings (SSSR count). The van der Waals surface area contributed by atoms with Crippen LogP contribution in [0.4, 0.5) is 10.5 Å². The van der Waals surface area contributed by atoms with Gasteiger partial charge in [-0.25, -0.2) is 4.79 Å². The number of carboxylic acids is 1. The van der Waals surface area contributed by atoms with Crippen LogP contribution in [-0.2, 0) is 4.79 Å². The van der Waals surface area contributed by atoms with Crippen molar-refractivity contribution in [1.29, 1.82) is 0 Å². The summed E-state index contributed by atoms with van der Waals surface area (Å²) < 4.78 is 0. The average molecular weight is 296 g/mol. The Labute approximate surface area is 123 Å². The fraction of sp³-hybridized carbons (Fsp3) is 0.429. The molecule has 0 saturated heterocycles. The maximum Gasteiger partial charge on any atom is 0.319 e. The number of nitrogens with one attached hydrogen (secondary N) is 2. The lowest BCUT2D eigenvalue weighted by Gasteiger charge is -2.17. The summed E-state index contributed by atoms with van der Waals surface area (Å²) in [5.74, 6) is -0.909. The van der Waals surface area contributed by atoms with Crippen LogP contribution in [0.25, 0.3) is 0 Å². The zero-order chi connectivity index (χ0) is 15.0. The van der Waals surface area contributed by atoms with Crippen molar-refractivity contribution >= 4 is 29.4 Å². The number of carbonyl (C=O) groups excluding carboxylic acids is 1. The minimum Gasteiger partial charge on any atom is -0.481 e. The highest BCUT2D eigenvalue weighted by Gasteiger charge is 2.15. The molecule has 0 saturated carbocycles. The van der Waals surface area contributed by atoms with Crippen LogP contribution >= 0.6 is 11.8 Å². The molecule has 0 aliphatic carbocycles. The van der Waals surface area contributed by atoms with Gasteiger partial charge in [0.05, 0.1) is 12.1 Å². The average Bonchev–Trinajstić information content (AvgIpc) is 2.38. The van der Waals surface area contributed by atoms with Crippen LogP contribution in [0.1, 0.15) is 26.2 Å². The van der Waals surface area contributed by atoms with Crippen LogP contribution < -0.4 is 10.6 Å². The van der Waals surface area contributed by atoms with Gasteiger partial charge in [-0.15, -0.1) is 11.8 Å². The van der Waals surface area contributed by atoms with Crippen molar-refractivity contribution in [3.63, 3.8) is 0 Å². The van der Waals surface area contributed by atoms with Crippen molar-refractivity contribution in [1.82, 2.24) is 5.32 Å². The zero-order valence-electron chi connectivity index (χ0n) is 11.7. The van der Waals surface area contributed by atoms with Crippen molar-refractivity contribution < 1.29 is 14.7 Å². The second-order valence-corrected chi connectivity index (χ2v) is 5.23. The molecular weight excluding hydrogens is 276 g/mol. The maximum absolute atomic E-state index is 11.9. The number of hydrogen-bond acceptors (Lipinski definition) is 3. The standard InChI is InChI=1S/C14H20N2O3S/c1-3-6-10(9-13(17)18)15-14(19)16-11-7-4-5-8-12(11)20-2/h4-5,7-8,10H,3,6,9H2,1-2H3,(H,17,18)(H2,15,16,19). The van der Waals surface area contributed by atoms with Gasteiger partial charge in [0.15, 0.2) is 0 Å². The fourth-order valence-corrected chi connectivity index (χ4v) is 2.43. The summed E-state index contributed by atoms with van der Waals surface area (Å²) >= 11 is 1.54. The third-order valence-electron chi connectivity index (χ3n) is 2.75. The Morgan fingerprint density at radius 1 is 1.35 bits per heavy atom. The minimum absolute atomic E-state index is 0.0641. The highest BCUT2D eigenvalue weighted by molar-refractivity contribution is 7.98. The lowest BCUT2D eigenvalue weighted by molar-refractivity contribution is -0.137. The number of hydrogen-bond donors (Lipinski definition) is 3. The van der Waals surface area contributed by atoms with Gasteiger partial charge in [0.2, 0.25) is 0 Å². The Morgan fingerprint density at radius 2 is 2.05 bits per heavy atom. The van der Waals surface area contributed by atoms with Crippen molar-refractivity contribution in [2.75, 3.05) is 11.6 Å². The summed E-state index contributed by atoms with van der Waals surface area (Å²) in [5, 5.41) is 14.3. The lowest BCUT2D eigenvalue weighted by Crippen LogP contribution is -2.39. The number of amides is 2. The molecule has 5 nitrogen and oxygen atoms in total. The van der Waals surface area contributed by atoms with Gasteiger partial charge in [0.25, 0.3) is 0 Å². The molecule has 1 aromatic carbocycles. The molecule has 1 atom stereocenters. The number of urea groups is 1. The van der Waals surface area contributed by atoms with E-state index in [0.717, 1.165) is 17.0 Å². The van der Waals surface area contributed by atoms with Gasteiger partial charge in [0, 0.05) is 10.9 Å². The van der Waals surface area contributed by atoms with E-state index < -0.39 is 5.97 Å². The van der Waals surface area contributed by atoms with Gasteiger partial charge in [0.1, 0.15) is 0 Å². The van der Waals surface area contributed by atoms with E-state index in [1.807, 2.05) is 37.4 Å². The minimum atomic E-state index is -0.909. The van der Waals surface area contributed by atoms with Crippen molar-refractivity contribution in [2.24, 2.45) is 0 Å². The molecule has 0 fully saturated rings. The van der Waals surface area contributed by atoms with Crippen LogP contribution in [-0.4, -0.2) is 29.4 Å². The second kappa shape index (κ2) is 8.47. The van der Waals surface area contributed by atoms with E-state index in [1.54, 1.807) is 11.8 Å². The number of thioether (sulfide) groups is 1. The Hall–Kier alpha value is -1.69. The number of carboxylic acid groups (broad SMARTS) is 1. The van der Waals surface area contributed by atoms with Gasteiger partial charge < -0.3 is 15.7 Å². The molecule has 0 bridgehead atoms. The van der Waals surface area contributed by atoms with E-state index in [9.17, 15) is 9.59 Å². The number of anilines is 1. The number of aliphatic carboxylic acids is 1. The predicted octanol–water partition coefficient (Wildman–Crippen LogP) is 3.17. The fourth-order valence-electron chi connectivity index (χ4n) is 1.88. The van der Waals surface area contributed by atoms with Crippen LogP contribution in [0.5, 0.6) is 0 Å². The number of benzene rings is 1. The normalized spacial score (nSPS) is 11.7. The van der Waals surface area contributed by atoms with E-state index in [-0.39, 0.29) is 18.5 Å². The van der Waals surface area contributed by atoms with E-state index in [1.165, 1.54) is 0 Å². The van der Waals surface area contributed by atoms with E-state index >= 15 is 0 Å². The van der Waals surface area contributed by atoms with Gasteiger partial charge in [-0.05, 0) is 24.8 Å². The van der Waals surface area contributed by atoms with E-state index in [0.29, 0.717) is 6.42 Å². The summed E-state index contributed by atoms with van der Waals surface area (Å²) in [6.45, 7) is 1.96. The summed E-state index contributed by atoms with van der Waals surface area (Å²) in [6, 6.07) is 6.76. The Balaban J connectivity index is 2.62. The van der Waals surface area contributed by atoms with Crippen LogP contribution in [0.15, 0.2) is 29.2 Å². The molecule has 6 heteroatoms. The number of para-hydroxylation sites is 1. The number of carbonyl (C=O) groups is 2. The summed E-state index contributed by atoms with van der Waals surface area (Å²) in [5.41, 5.74) is 0.725. The van der Waals surface area contributed by atoms with Gasteiger partial charge in [-0.2, -0.15) is 0 Å². The van der Waals surface area contributed by atoms with Gasteiger partial charge in [-0.3, -0.25) is 4.79 Å². The molecule has 20 heavy (non-hydrogen) atoms. The molecule has 110 valence electrons. The molecule has 1 aromatic rings. The maximum atomic E-state index is 11.9. The first-order valence-electron chi connectivity index (χ1n) is 6.49. The smallest absolute Gasteiger partial charge is 0.319 e. The van der Waals surface area contributed by atoms with Crippen LogP contribution in [0.2, 0.25) is 0 Å². The lowest BCUT2D eigenvalue weighted by atomic mass is 10.1. The van der Waals surface area contributed by atoms with Crippen LogP contribution in [0.3, 0.4) is 0 Å². The highest BCUT2D eigenvalue weighted by Crippen LogP contribution is 2.24. The number of rotatable bonds is 7. The first kappa shape index (κ1) is 16.4. The predicted molar refractivity (Wildman–Crippen MR) is 81.3 cm³/mol. The first-order valence-corrected chi connectivity index (χ1v) is 7.71. The third kappa shape index (κ3) is 5.52. The molecule has 0 aliphatic heterocycles. The van der Waals surface area contributed by atoms with Gasteiger partial charge >= 0.3 is 12.0 Å². The summed E-state index contributed by atoms with van der Waals surface area (Å²) in [6.07, 6.45) is 3.33. The molecule has 0 heterocycles. The first-order chi connectivity index (χ1) is 9.56. The Morgan fingerprint density at radius 3 is 2.65 bits per heavy atom. The SMILES string of the molecule is CCCC(CC(=O)O)NC(=O)Nc1ccccc1SC. The van der Waals surface area contributed by atoms with Crippen molar-refractivity contribution in [3.8, 4) is 0 Å². The summed E-state index contributed by atoms with van der Waals surface area (Å²) in [4.78, 5) is 23.6. The molecule has 0 aliphatic rings. The largest absolute Gasteiger partial charge is 0.481 e. The molecular formula is C14H20N2O3S. The van der Waals surface area contributed by atoms with Gasteiger partial charge in [-0.1, -0.05) is 25.5 Å². The quantitative estimate of drug-likeness (QED) is 0.675. The van der Waals surface area contributed by atoms with Crippen LogP contribution in [0, 0.1) is 0 Å². The molecule has 2 amide bonds. The molecule has 3 N–H and O–H groups in total. The van der Waals surface area contributed by atoms with E-state index in [4.69, 9.17) is 5.11 Å². The topological polar surface area (TPSA) is 78.4 Å². The zero-order valence-corrected chi connectivity index (χ0v) is 12.5.